The first-order chi connectivity index (χ1) is 9.04. The fourth-order valence-electron chi connectivity index (χ4n) is 3.98. The normalized spacial score (nSPS) is 13.8. The van der Waals surface area contributed by atoms with E-state index in [1.54, 1.807) is 0 Å². The fraction of sp³-hybridized carbons (Fsp3) is 1.00. The zero-order valence-corrected chi connectivity index (χ0v) is 18.4. The van der Waals surface area contributed by atoms with Gasteiger partial charge in [-0.25, -0.2) is 0 Å². The van der Waals surface area contributed by atoms with Crippen LogP contribution in [0.15, 0.2) is 0 Å². The number of rotatable bonds is 10. The van der Waals surface area contributed by atoms with E-state index in [-0.39, 0.29) is 0 Å². The van der Waals surface area contributed by atoms with Crippen molar-refractivity contribution in [3.8, 4) is 0 Å². The molecule has 5 heteroatoms. The molecule has 0 aromatic heterocycles. The molecule has 20 heavy (non-hydrogen) atoms. The van der Waals surface area contributed by atoms with E-state index in [9.17, 15) is 0 Å². The number of hydrogen-bond donors (Lipinski definition) is 0. The highest BCUT2D eigenvalue weighted by atomic mass is 35.8. The third-order valence-corrected chi connectivity index (χ3v) is 15.3. The molecule has 0 bridgehead atoms. The topological polar surface area (TPSA) is 0 Å². The number of unbranched alkanes of at least 4 members (excludes halogenated alkanes) is 3. The molecule has 0 saturated carbocycles. The lowest BCUT2D eigenvalue weighted by atomic mass is 10.2. The van der Waals surface area contributed by atoms with Gasteiger partial charge in [-0.3, -0.25) is 0 Å². The van der Waals surface area contributed by atoms with Gasteiger partial charge in [-0.2, -0.15) is 0 Å². The van der Waals surface area contributed by atoms with Crippen molar-refractivity contribution in [2.75, 3.05) is 0 Å². The molecule has 0 aliphatic carbocycles. The molecule has 0 nitrogen and oxygen atoms in total. The monoisotopic (exact) mass is 374 g/mol. The van der Waals surface area contributed by atoms with Gasteiger partial charge >= 0.3 is 6.00 Å². The fourth-order valence-corrected chi connectivity index (χ4v) is 12.4. The molecule has 0 heterocycles. The summed E-state index contributed by atoms with van der Waals surface area (Å²) in [5, 5.41) is 0. The highest BCUT2D eigenvalue weighted by Gasteiger charge is 2.41. The maximum atomic E-state index is 5.92. The third-order valence-electron chi connectivity index (χ3n) is 5.04. The summed E-state index contributed by atoms with van der Waals surface area (Å²) in [6.07, 6.45) is 4.97. The molecule has 0 N–H and O–H groups in total. The summed E-state index contributed by atoms with van der Waals surface area (Å²) in [6, 6.07) is -0.101. The van der Waals surface area contributed by atoms with Crippen molar-refractivity contribution in [1.82, 2.24) is 0 Å². The Morgan fingerprint density at radius 1 is 0.600 bits per heavy atom. The van der Waals surface area contributed by atoms with E-state index in [2.05, 4.69) is 41.5 Å². The van der Waals surface area contributed by atoms with E-state index in [1.807, 2.05) is 0 Å². The lowest BCUT2D eigenvalue weighted by molar-refractivity contribution is 0.675. The van der Waals surface area contributed by atoms with Gasteiger partial charge in [0.1, 0.15) is 0 Å². The quantitative estimate of drug-likeness (QED) is 0.207. The zero-order valence-electron chi connectivity index (χ0n) is 14.1. The minimum atomic E-state index is -2.38. The Morgan fingerprint density at radius 3 is 1.25 bits per heavy atom. The van der Waals surface area contributed by atoms with Crippen LogP contribution in [0, 0.1) is 0 Å². The van der Waals surface area contributed by atoms with E-state index in [1.165, 1.54) is 25.3 Å². The molecule has 0 radical (unpaired) electrons. The Labute approximate surface area is 143 Å². The third kappa shape index (κ3) is 7.04. The van der Waals surface area contributed by atoms with E-state index in [0.717, 1.165) is 29.1 Å². The number of hydrogen-bond acceptors (Lipinski definition) is 0. The van der Waals surface area contributed by atoms with E-state index < -0.39 is 14.1 Å². The van der Waals surface area contributed by atoms with Gasteiger partial charge in [-0.05, 0) is 6.04 Å². The van der Waals surface area contributed by atoms with Crippen molar-refractivity contribution in [3.05, 3.63) is 0 Å². The lowest BCUT2D eigenvalue weighted by Crippen LogP contribution is -2.44. The minimum Gasteiger partial charge on any atom is -0.126 e. The summed E-state index contributed by atoms with van der Waals surface area (Å²) < 4.78 is 0. The molecule has 0 atom stereocenters. The summed E-state index contributed by atoms with van der Waals surface area (Å²) in [7, 11) is -1.19. The van der Waals surface area contributed by atoms with Gasteiger partial charge in [0.15, 0.2) is 0 Å². The van der Waals surface area contributed by atoms with Crippen molar-refractivity contribution in [3.63, 3.8) is 0 Å². The second-order valence-electron chi connectivity index (χ2n) is 7.11. The predicted octanol–water partition coefficient (Wildman–Crippen LogP) is 7.88. The first-order valence-electron chi connectivity index (χ1n) is 8.10. The standard InChI is InChI=1S/C15H33Cl3Si2/c1-13(2)19(14(3)4,15(5)6)11-9-7-8-10-12-20(16,17)18/h13-15H,7-12H2,1-6H3. The van der Waals surface area contributed by atoms with Gasteiger partial charge in [0.25, 0.3) is 0 Å². The molecule has 0 unspecified atom stereocenters. The van der Waals surface area contributed by atoms with E-state index in [0.29, 0.717) is 0 Å². The van der Waals surface area contributed by atoms with Crippen molar-refractivity contribution in [2.24, 2.45) is 0 Å². The molecule has 0 spiro atoms. The van der Waals surface area contributed by atoms with Crippen LogP contribution in [0.5, 0.6) is 0 Å². The molecule has 0 aromatic carbocycles. The molecule has 0 fully saturated rings. The van der Waals surface area contributed by atoms with Gasteiger partial charge in [0.2, 0.25) is 0 Å². The Balaban J connectivity index is 4.23. The van der Waals surface area contributed by atoms with Crippen LogP contribution >= 0.6 is 33.2 Å². The molecule has 0 amide bonds. The minimum absolute atomic E-state index is 0.818. The van der Waals surface area contributed by atoms with Crippen LogP contribution < -0.4 is 0 Å². The summed E-state index contributed by atoms with van der Waals surface area (Å²) in [5.41, 5.74) is 2.61. The Bertz CT molecular complexity index is 239. The highest BCUT2D eigenvalue weighted by Crippen LogP contribution is 2.45. The second kappa shape index (κ2) is 9.44. The van der Waals surface area contributed by atoms with Crippen molar-refractivity contribution in [1.29, 1.82) is 0 Å². The largest absolute Gasteiger partial charge is 0.341 e. The summed E-state index contributed by atoms with van der Waals surface area (Å²) in [4.78, 5) is 0. The molecule has 0 aromatic rings. The molecular weight excluding hydrogens is 343 g/mol. The van der Waals surface area contributed by atoms with Gasteiger partial charge in [0.05, 0.1) is 8.07 Å². The molecule has 0 aliphatic heterocycles. The Hall–Kier alpha value is 1.30. The van der Waals surface area contributed by atoms with Crippen molar-refractivity contribution < 1.29 is 0 Å². The van der Waals surface area contributed by atoms with Gasteiger partial charge < -0.3 is 0 Å². The molecule has 0 saturated heterocycles. The summed E-state index contributed by atoms with van der Waals surface area (Å²) >= 11 is 17.8. The SMILES string of the molecule is CC(C)[Si](CCCCCC[Si](Cl)(Cl)Cl)(C(C)C)C(C)C. The zero-order chi connectivity index (χ0) is 16.0. The van der Waals surface area contributed by atoms with Crippen LogP contribution in [0.4, 0.5) is 0 Å². The summed E-state index contributed by atoms with van der Waals surface area (Å²) in [6.45, 7) is 14.7. The maximum Gasteiger partial charge on any atom is 0.341 e. The predicted molar refractivity (Wildman–Crippen MR) is 102 cm³/mol. The van der Waals surface area contributed by atoms with Crippen LogP contribution in [0.1, 0.15) is 67.2 Å². The van der Waals surface area contributed by atoms with Crippen LogP contribution in [0.3, 0.4) is 0 Å². The second-order valence-corrected chi connectivity index (χ2v) is 22.6. The smallest absolute Gasteiger partial charge is 0.126 e. The highest BCUT2D eigenvalue weighted by molar-refractivity contribution is 7.64. The lowest BCUT2D eigenvalue weighted by Gasteiger charge is -2.43. The van der Waals surface area contributed by atoms with Crippen LogP contribution in [0.2, 0.25) is 28.7 Å². The number of halogens is 3. The molecule has 0 rings (SSSR count). The molecular formula is C15H33Cl3Si2. The van der Waals surface area contributed by atoms with Crippen molar-refractivity contribution in [2.45, 2.75) is 95.9 Å². The average molecular weight is 376 g/mol. The van der Waals surface area contributed by atoms with Gasteiger partial charge in [-0.15, -0.1) is 33.2 Å². The van der Waals surface area contributed by atoms with Crippen LogP contribution in [0.25, 0.3) is 0 Å². The average Bonchev–Trinajstić information content (AvgIpc) is 2.24. The van der Waals surface area contributed by atoms with Crippen LogP contribution in [-0.2, 0) is 0 Å². The van der Waals surface area contributed by atoms with Crippen LogP contribution in [-0.4, -0.2) is 14.1 Å². The van der Waals surface area contributed by atoms with Crippen molar-refractivity contribution >= 4 is 47.3 Å². The first-order valence-corrected chi connectivity index (χ1v) is 15.8. The van der Waals surface area contributed by atoms with E-state index >= 15 is 0 Å². The van der Waals surface area contributed by atoms with Gasteiger partial charge in [-0.1, -0.05) is 89.9 Å². The molecule has 122 valence electrons. The maximum absolute atomic E-state index is 5.92. The molecule has 0 aliphatic rings. The summed E-state index contributed by atoms with van der Waals surface area (Å²) in [5.74, 6) is 0. The first kappa shape index (κ1) is 21.3. The van der Waals surface area contributed by atoms with Gasteiger partial charge in [0, 0.05) is 0 Å². The Morgan fingerprint density at radius 2 is 0.950 bits per heavy atom. The Kier molecular flexibility index (Phi) is 10.1. The van der Waals surface area contributed by atoms with E-state index in [4.69, 9.17) is 33.2 Å².